The summed E-state index contributed by atoms with van der Waals surface area (Å²) < 4.78 is 0. The Morgan fingerprint density at radius 2 is 1.89 bits per heavy atom. The normalized spacial score (nSPS) is 27.0. The number of carbonyl (C=O) groups is 1. The zero-order valence-electron chi connectivity index (χ0n) is 12.4. The van der Waals surface area contributed by atoms with Crippen molar-refractivity contribution in [2.45, 2.75) is 39.2 Å². The van der Waals surface area contributed by atoms with E-state index in [0.29, 0.717) is 0 Å². The van der Waals surface area contributed by atoms with E-state index in [0.717, 1.165) is 18.5 Å². The first-order chi connectivity index (χ1) is 8.11. The number of likely N-dealkylation sites (N-methyl/N-ethyl adjacent to an activating group) is 1. The summed E-state index contributed by atoms with van der Waals surface area (Å²) in [6.45, 7) is 6.72. The van der Waals surface area contributed by atoms with Crippen LogP contribution in [0.1, 0.15) is 33.6 Å². The lowest BCUT2D eigenvalue weighted by Gasteiger charge is -2.46. The van der Waals surface area contributed by atoms with E-state index in [1.54, 1.807) is 4.90 Å². The topological polar surface area (TPSA) is 23.6 Å². The summed E-state index contributed by atoms with van der Waals surface area (Å²) in [5, 5.41) is 0. The number of alkyl halides is 1. The van der Waals surface area contributed by atoms with E-state index in [1.807, 2.05) is 7.05 Å². The third-order valence-corrected chi connectivity index (χ3v) is 4.14. The molecule has 1 aliphatic rings. The minimum atomic E-state index is -0.0401. The summed E-state index contributed by atoms with van der Waals surface area (Å²) >= 11 is 5.64. The zero-order chi connectivity index (χ0) is 14.1. The largest absolute Gasteiger partial charge is 0.318 e. The summed E-state index contributed by atoms with van der Waals surface area (Å²) in [5.74, 6) is -0.00540. The average Bonchev–Trinajstić information content (AvgIpc) is 2.24. The maximum absolute atomic E-state index is 11.7. The van der Waals surface area contributed by atoms with Gasteiger partial charge in [-0.3, -0.25) is 4.79 Å². The fourth-order valence-corrected chi connectivity index (χ4v) is 2.91. The van der Waals surface area contributed by atoms with E-state index in [2.05, 4.69) is 45.8 Å². The van der Waals surface area contributed by atoms with Gasteiger partial charge in [0, 0.05) is 18.3 Å². The summed E-state index contributed by atoms with van der Waals surface area (Å²) in [7, 11) is 5.98. The molecule has 0 aromatic carbocycles. The third-order valence-electron chi connectivity index (χ3n) is 3.91. The molecule has 1 atom stereocenters. The predicted octanol–water partition coefficient (Wildman–Crippen LogP) is 2.71. The summed E-state index contributed by atoms with van der Waals surface area (Å²) in [4.78, 5) is 15.7. The Labute approximate surface area is 116 Å². The van der Waals surface area contributed by atoms with Crippen LogP contribution >= 0.6 is 11.6 Å². The highest BCUT2D eigenvalue weighted by Crippen LogP contribution is 2.42. The molecule has 0 saturated heterocycles. The van der Waals surface area contributed by atoms with Crippen LogP contribution in [0.4, 0.5) is 0 Å². The highest BCUT2D eigenvalue weighted by Gasteiger charge is 2.39. The summed E-state index contributed by atoms with van der Waals surface area (Å²) in [6, 6.07) is 0. The molecular weight excluding hydrogens is 248 g/mol. The Balaban J connectivity index is 3.10. The van der Waals surface area contributed by atoms with E-state index in [4.69, 9.17) is 11.6 Å². The lowest BCUT2D eigenvalue weighted by Crippen LogP contribution is -2.47. The molecule has 0 N–H and O–H groups in total. The van der Waals surface area contributed by atoms with Crippen molar-refractivity contribution in [3.63, 3.8) is 0 Å². The predicted molar refractivity (Wildman–Crippen MR) is 76.7 cm³/mol. The number of rotatable bonds is 3. The number of hydrogen-bond donors (Lipinski definition) is 0. The quantitative estimate of drug-likeness (QED) is 0.738. The molecule has 104 valence electrons. The fourth-order valence-electron chi connectivity index (χ4n) is 2.74. The van der Waals surface area contributed by atoms with Crippen molar-refractivity contribution in [1.29, 1.82) is 0 Å². The summed E-state index contributed by atoms with van der Waals surface area (Å²) in [5.41, 5.74) is 1.25. The van der Waals surface area contributed by atoms with Crippen LogP contribution in [0.15, 0.2) is 11.8 Å². The van der Waals surface area contributed by atoms with Crippen molar-refractivity contribution in [1.82, 2.24) is 9.80 Å². The van der Waals surface area contributed by atoms with Gasteiger partial charge in [0.05, 0.1) is 0 Å². The Kier molecular flexibility index (Phi) is 4.50. The molecule has 1 unspecified atom stereocenters. The van der Waals surface area contributed by atoms with E-state index in [1.165, 1.54) is 0 Å². The van der Waals surface area contributed by atoms with Gasteiger partial charge in [0.1, 0.15) is 5.88 Å². The second kappa shape index (κ2) is 5.22. The van der Waals surface area contributed by atoms with E-state index in [-0.39, 0.29) is 22.7 Å². The Morgan fingerprint density at radius 3 is 2.33 bits per heavy atom. The molecule has 18 heavy (non-hydrogen) atoms. The first-order valence-electron chi connectivity index (χ1n) is 6.33. The molecule has 0 bridgehead atoms. The molecule has 0 fully saturated rings. The molecule has 4 heteroatoms. The Hall–Kier alpha value is -0.540. The van der Waals surface area contributed by atoms with Crippen molar-refractivity contribution in [3.8, 4) is 0 Å². The minimum absolute atomic E-state index is 0.0159. The standard InChI is InChI=1S/C14H25ClN2O/c1-13(2)7-11(17(6)12(18)9-15)8-14(3,10-13)16(4)5/h8H,7,9-10H2,1-6H3. The van der Waals surface area contributed by atoms with Crippen molar-refractivity contribution >= 4 is 17.5 Å². The number of halogens is 1. The maximum Gasteiger partial charge on any atom is 0.241 e. The van der Waals surface area contributed by atoms with Gasteiger partial charge in [-0.2, -0.15) is 0 Å². The highest BCUT2D eigenvalue weighted by atomic mass is 35.5. The van der Waals surface area contributed by atoms with Crippen LogP contribution in [0.2, 0.25) is 0 Å². The molecule has 3 nitrogen and oxygen atoms in total. The first kappa shape index (κ1) is 15.5. The molecule has 0 saturated carbocycles. The van der Waals surface area contributed by atoms with Crippen LogP contribution in [0.3, 0.4) is 0 Å². The second-order valence-corrected chi connectivity index (χ2v) is 6.76. The molecule has 0 aliphatic heterocycles. The average molecular weight is 273 g/mol. The van der Waals surface area contributed by atoms with Gasteiger partial charge in [-0.1, -0.05) is 13.8 Å². The lowest BCUT2D eigenvalue weighted by atomic mass is 9.70. The lowest BCUT2D eigenvalue weighted by molar-refractivity contribution is -0.125. The summed E-state index contributed by atoms with van der Waals surface area (Å²) in [6.07, 6.45) is 4.21. The molecule has 0 radical (unpaired) electrons. The molecular formula is C14H25ClN2O. The van der Waals surface area contributed by atoms with E-state index >= 15 is 0 Å². The van der Waals surface area contributed by atoms with Gasteiger partial charge in [-0.25, -0.2) is 0 Å². The van der Waals surface area contributed by atoms with Crippen LogP contribution in [-0.4, -0.2) is 48.3 Å². The SMILES string of the molecule is CN(C(=O)CCl)C1=CC(C)(N(C)C)CC(C)(C)C1. The molecule has 1 aliphatic carbocycles. The number of hydrogen-bond acceptors (Lipinski definition) is 2. The van der Waals surface area contributed by atoms with E-state index < -0.39 is 0 Å². The van der Waals surface area contributed by atoms with Crippen LogP contribution in [-0.2, 0) is 4.79 Å². The highest BCUT2D eigenvalue weighted by molar-refractivity contribution is 6.27. The van der Waals surface area contributed by atoms with Gasteiger partial charge in [0.2, 0.25) is 5.91 Å². The van der Waals surface area contributed by atoms with Crippen LogP contribution < -0.4 is 0 Å². The molecule has 0 aromatic heterocycles. The van der Waals surface area contributed by atoms with Crippen molar-refractivity contribution in [3.05, 3.63) is 11.8 Å². The molecule has 0 heterocycles. The van der Waals surface area contributed by atoms with Crippen LogP contribution in [0, 0.1) is 5.41 Å². The van der Waals surface area contributed by atoms with Gasteiger partial charge >= 0.3 is 0 Å². The van der Waals surface area contributed by atoms with Gasteiger partial charge < -0.3 is 9.80 Å². The smallest absolute Gasteiger partial charge is 0.241 e. The van der Waals surface area contributed by atoms with Gasteiger partial charge in [-0.05, 0) is 45.4 Å². The number of amides is 1. The van der Waals surface area contributed by atoms with Crippen LogP contribution in [0.5, 0.6) is 0 Å². The number of allylic oxidation sites excluding steroid dienone is 1. The second-order valence-electron chi connectivity index (χ2n) is 6.49. The van der Waals surface area contributed by atoms with Crippen molar-refractivity contribution in [2.24, 2.45) is 5.41 Å². The first-order valence-corrected chi connectivity index (χ1v) is 6.86. The zero-order valence-corrected chi connectivity index (χ0v) is 13.1. The minimum Gasteiger partial charge on any atom is -0.318 e. The van der Waals surface area contributed by atoms with Crippen molar-refractivity contribution in [2.75, 3.05) is 27.0 Å². The Morgan fingerprint density at radius 1 is 1.33 bits per heavy atom. The molecule has 0 aromatic rings. The number of carbonyl (C=O) groups excluding carboxylic acids is 1. The van der Waals surface area contributed by atoms with Gasteiger partial charge in [-0.15, -0.1) is 11.6 Å². The van der Waals surface area contributed by atoms with Crippen LogP contribution in [0.25, 0.3) is 0 Å². The Bertz CT molecular complexity index is 363. The molecule has 1 rings (SSSR count). The fraction of sp³-hybridized carbons (Fsp3) is 0.786. The van der Waals surface area contributed by atoms with Gasteiger partial charge in [0.25, 0.3) is 0 Å². The third kappa shape index (κ3) is 3.27. The monoisotopic (exact) mass is 272 g/mol. The van der Waals surface area contributed by atoms with Crippen molar-refractivity contribution < 1.29 is 4.79 Å². The molecule has 0 spiro atoms. The number of nitrogens with zero attached hydrogens (tertiary/aromatic N) is 2. The van der Waals surface area contributed by atoms with E-state index in [9.17, 15) is 4.79 Å². The molecule has 1 amide bonds. The maximum atomic E-state index is 11.7. The van der Waals surface area contributed by atoms with Gasteiger partial charge in [0.15, 0.2) is 0 Å².